The van der Waals surface area contributed by atoms with E-state index in [9.17, 15) is 4.79 Å². The summed E-state index contributed by atoms with van der Waals surface area (Å²) in [6.45, 7) is 4.18. The zero-order valence-electron chi connectivity index (χ0n) is 11.9. The van der Waals surface area contributed by atoms with Crippen molar-refractivity contribution in [2.75, 3.05) is 25.0 Å². The molecule has 1 amide bonds. The van der Waals surface area contributed by atoms with Crippen molar-refractivity contribution in [1.82, 2.24) is 5.01 Å². The van der Waals surface area contributed by atoms with Crippen molar-refractivity contribution >= 4 is 34.0 Å². The van der Waals surface area contributed by atoms with Crippen LogP contribution >= 0.6 is 11.3 Å². The second-order valence-corrected chi connectivity index (χ2v) is 6.39. The maximum Gasteiger partial charge on any atom is 0.275 e. The van der Waals surface area contributed by atoms with Crippen LogP contribution in [0.5, 0.6) is 0 Å². The Morgan fingerprint density at radius 3 is 2.65 bits per heavy atom. The van der Waals surface area contributed by atoms with Crippen LogP contribution in [0.4, 0.5) is 5.00 Å². The van der Waals surface area contributed by atoms with Crippen molar-refractivity contribution in [3.8, 4) is 0 Å². The molecule has 1 fully saturated rings. The van der Waals surface area contributed by atoms with E-state index < -0.39 is 0 Å². The molecule has 3 rings (SSSR count). The molecule has 0 N–H and O–H groups in total. The maximum atomic E-state index is 12.0. The summed E-state index contributed by atoms with van der Waals surface area (Å²) in [4.78, 5) is 15.5. The number of rotatable bonds is 2. The average molecular weight is 289 g/mol. The average Bonchev–Trinajstić information content (AvgIpc) is 3.01. The number of likely N-dealkylation sites (N-methyl/N-ethyl adjacent to an activating group) is 1. The third-order valence-corrected chi connectivity index (χ3v) is 4.87. The molecule has 2 aliphatic rings. The molecule has 0 unspecified atom stereocenters. The molecule has 5 heteroatoms. The molecule has 1 aromatic rings. The number of piperidine rings is 1. The zero-order chi connectivity index (χ0) is 14.1. The van der Waals surface area contributed by atoms with E-state index in [1.165, 1.54) is 29.3 Å². The molecule has 0 aliphatic carbocycles. The molecule has 2 aliphatic heterocycles. The Morgan fingerprint density at radius 1 is 1.25 bits per heavy atom. The lowest BCUT2D eigenvalue weighted by atomic mass is 10.1. The number of carbonyl (C=O) groups excluding carboxylic acids is 1. The monoisotopic (exact) mass is 289 g/mol. The highest BCUT2D eigenvalue weighted by Crippen LogP contribution is 2.30. The summed E-state index contributed by atoms with van der Waals surface area (Å²) in [6, 6.07) is 4.26. The summed E-state index contributed by atoms with van der Waals surface area (Å²) >= 11 is 1.76. The standard InChI is InChI=1S/C15H19N3OS/c1-11-13(15(19)17(2)16-11)10-12-6-7-14(20-12)18-8-4-3-5-9-18/h6-7,10H,3-5,8-9H2,1-2H3/b13-10-. The first-order valence-corrected chi connectivity index (χ1v) is 7.87. The predicted molar refractivity (Wildman–Crippen MR) is 84.2 cm³/mol. The number of nitrogens with zero attached hydrogens (tertiary/aromatic N) is 3. The smallest absolute Gasteiger partial charge is 0.275 e. The summed E-state index contributed by atoms with van der Waals surface area (Å²) in [7, 11) is 1.69. The fraction of sp³-hybridized carbons (Fsp3) is 0.467. The van der Waals surface area contributed by atoms with E-state index in [2.05, 4.69) is 22.1 Å². The lowest BCUT2D eigenvalue weighted by Gasteiger charge is -2.27. The van der Waals surface area contributed by atoms with Crippen LogP contribution in [-0.4, -0.2) is 36.8 Å². The molecule has 0 radical (unpaired) electrons. The first-order chi connectivity index (χ1) is 9.65. The molecule has 0 spiro atoms. The molecular formula is C15H19N3OS. The van der Waals surface area contributed by atoms with E-state index in [0.29, 0.717) is 5.57 Å². The molecule has 0 saturated carbocycles. The summed E-state index contributed by atoms with van der Waals surface area (Å²) in [6.07, 6.45) is 5.87. The number of carbonyl (C=O) groups is 1. The third kappa shape index (κ3) is 2.50. The second-order valence-electron chi connectivity index (χ2n) is 5.30. The van der Waals surface area contributed by atoms with Gasteiger partial charge in [-0.05, 0) is 44.4 Å². The largest absolute Gasteiger partial charge is 0.363 e. The third-order valence-electron chi connectivity index (χ3n) is 3.78. The van der Waals surface area contributed by atoms with E-state index in [0.717, 1.165) is 23.7 Å². The Kier molecular flexibility index (Phi) is 3.61. The molecule has 1 saturated heterocycles. The van der Waals surface area contributed by atoms with Crippen molar-refractivity contribution in [1.29, 1.82) is 0 Å². The molecular weight excluding hydrogens is 270 g/mol. The highest BCUT2D eigenvalue weighted by Gasteiger charge is 2.24. The van der Waals surface area contributed by atoms with Gasteiger partial charge in [0.15, 0.2) is 0 Å². The van der Waals surface area contributed by atoms with E-state index >= 15 is 0 Å². The Bertz CT molecular complexity index is 582. The number of anilines is 1. The second kappa shape index (κ2) is 5.40. The summed E-state index contributed by atoms with van der Waals surface area (Å²) in [5.41, 5.74) is 1.50. The number of hydrazone groups is 1. The highest BCUT2D eigenvalue weighted by atomic mass is 32.1. The van der Waals surface area contributed by atoms with Crippen LogP contribution in [0, 0.1) is 0 Å². The van der Waals surface area contributed by atoms with Gasteiger partial charge in [0.1, 0.15) is 0 Å². The first kappa shape index (κ1) is 13.4. The molecule has 1 aromatic heterocycles. The van der Waals surface area contributed by atoms with Crippen molar-refractivity contribution < 1.29 is 4.79 Å². The minimum Gasteiger partial charge on any atom is -0.363 e. The summed E-state index contributed by atoms with van der Waals surface area (Å²) < 4.78 is 0. The molecule has 106 valence electrons. The van der Waals surface area contributed by atoms with Crippen LogP contribution in [0.2, 0.25) is 0 Å². The van der Waals surface area contributed by atoms with E-state index in [4.69, 9.17) is 0 Å². The van der Waals surface area contributed by atoms with Crippen LogP contribution in [0.3, 0.4) is 0 Å². The summed E-state index contributed by atoms with van der Waals surface area (Å²) in [5.74, 6) is -0.0181. The normalized spacial score (nSPS) is 21.8. The first-order valence-electron chi connectivity index (χ1n) is 7.05. The lowest BCUT2D eigenvalue weighted by Crippen LogP contribution is -2.28. The topological polar surface area (TPSA) is 35.9 Å². The van der Waals surface area contributed by atoms with Gasteiger partial charge in [-0.25, -0.2) is 5.01 Å². The Balaban J connectivity index is 1.80. The van der Waals surface area contributed by atoms with Gasteiger partial charge in [-0.15, -0.1) is 11.3 Å². The fourth-order valence-electron chi connectivity index (χ4n) is 2.67. The van der Waals surface area contributed by atoms with Crippen molar-refractivity contribution in [2.24, 2.45) is 5.10 Å². The van der Waals surface area contributed by atoms with Gasteiger partial charge in [0.2, 0.25) is 0 Å². The van der Waals surface area contributed by atoms with Crippen LogP contribution < -0.4 is 4.90 Å². The van der Waals surface area contributed by atoms with Crippen molar-refractivity contribution in [3.63, 3.8) is 0 Å². The van der Waals surface area contributed by atoms with E-state index in [1.54, 1.807) is 18.4 Å². The summed E-state index contributed by atoms with van der Waals surface area (Å²) in [5, 5.41) is 6.88. The SMILES string of the molecule is CC1=NN(C)C(=O)/C1=C\c1ccc(N2CCCCC2)s1. The molecule has 0 bridgehead atoms. The van der Waals surface area contributed by atoms with Gasteiger partial charge in [0.25, 0.3) is 5.91 Å². The molecule has 20 heavy (non-hydrogen) atoms. The van der Waals surface area contributed by atoms with Crippen LogP contribution in [0.15, 0.2) is 22.8 Å². The maximum absolute atomic E-state index is 12.0. The predicted octanol–water partition coefficient (Wildman–Crippen LogP) is 2.97. The number of amides is 1. The lowest BCUT2D eigenvalue weighted by molar-refractivity contribution is -0.124. The molecule has 3 heterocycles. The zero-order valence-corrected chi connectivity index (χ0v) is 12.7. The van der Waals surface area contributed by atoms with E-state index in [-0.39, 0.29) is 5.91 Å². The highest BCUT2D eigenvalue weighted by molar-refractivity contribution is 7.17. The quantitative estimate of drug-likeness (QED) is 0.785. The van der Waals surface area contributed by atoms with Crippen LogP contribution in [-0.2, 0) is 4.79 Å². The Morgan fingerprint density at radius 2 is 2.00 bits per heavy atom. The molecule has 4 nitrogen and oxygen atoms in total. The van der Waals surface area contributed by atoms with Gasteiger partial charge >= 0.3 is 0 Å². The van der Waals surface area contributed by atoms with Gasteiger partial charge < -0.3 is 4.90 Å². The van der Waals surface area contributed by atoms with E-state index in [1.807, 2.05) is 13.0 Å². The minimum absolute atomic E-state index is 0.0181. The van der Waals surface area contributed by atoms with Crippen molar-refractivity contribution in [3.05, 3.63) is 22.6 Å². The van der Waals surface area contributed by atoms with Gasteiger partial charge in [0, 0.05) is 25.0 Å². The molecule has 0 atom stereocenters. The van der Waals surface area contributed by atoms with Gasteiger partial charge in [-0.1, -0.05) is 0 Å². The molecule has 0 aromatic carbocycles. The number of hydrogen-bond acceptors (Lipinski definition) is 4. The minimum atomic E-state index is -0.0181. The van der Waals surface area contributed by atoms with Crippen molar-refractivity contribution in [2.45, 2.75) is 26.2 Å². The van der Waals surface area contributed by atoms with Gasteiger partial charge in [-0.3, -0.25) is 4.79 Å². The Hall–Kier alpha value is -1.62. The van der Waals surface area contributed by atoms with Gasteiger partial charge in [0.05, 0.1) is 16.3 Å². The number of hydrogen-bond donors (Lipinski definition) is 0. The van der Waals surface area contributed by atoms with Gasteiger partial charge in [-0.2, -0.15) is 5.10 Å². The van der Waals surface area contributed by atoms with Crippen LogP contribution in [0.1, 0.15) is 31.1 Å². The number of thiophene rings is 1. The van der Waals surface area contributed by atoms with Crippen LogP contribution in [0.25, 0.3) is 6.08 Å². The Labute approximate surface area is 123 Å². The fourth-order valence-corrected chi connectivity index (χ4v) is 3.67.